The molecule has 0 saturated carbocycles. The number of nitrogens with zero attached hydrogens (tertiary/aromatic N) is 1. The molecule has 3 aromatic carbocycles. The third-order valence-electron chi connectivity index (χ3n) is 3.79. The van der Waals surface area contributed by atoms with Gasteiger partial charge in [0, 0.05) is 10.6 Å². The average molecular weight is 429 g/mol. The number of para-hydroxylation sites is 1. The van der Waals surface area contributed by atoms with Crippen LogP contribution in [0.15, 0.2) is 71.8 Å². The van der Waals surface area contributed by atoms with Gasteiger partial charge in [-0.2, -0.15) is 5.10 Å². The van der Waals surface area contributed by atoms with Crippen LogP contribution >= 0.6 is 23.2 Å². The number of ether oxygens (including phenoxy) is 1. The molecule has 8 heteroatoms. The van der Waals surface area contributed by atoms with Crippen LogP contribution in [0.5, 0.6) is 11.5 Å². The van der Waals surface area contributed by atoms with Gasteiger partial charge in [0.2, 0.25) is 0 Å². The van der Waals surface area contributed by atoms with Crippen LogP contribution in [-0.2, 0) is 0 Å². The van der Waals surface area contributed by atoms with Crippen LogP contribution in [-0.4, -0.2) is 23.2 Å². The van der Waals surface area contributed by atoms with Crippen LogP contribution in [0.25, 0.3) is 0 Å². The first kappa shape index (κ1) is 20.4. The second kappa shape index (κ2) is 9.23. The van der Waals surface area contributed by atoms with Crippen LogP contribution in [0.2, 0.25) is 10.0 Å². The van der Waals surface area contributed by atoms with Crippen molar-refractivity contribution in [3.05, 3.63) is 93.5 Å². The van der Waals surface area contributed by atoms with Crippen molar-refractivity contribution in [2.75, 3.05) is 0 Å². The molecule has 0 heterocycles. The molecular formula is C21H14Cl2N2O4. The molecule has 0 saturated heterocycles. The summed E-state index contributed by atoms with van der Waals surface area (Å²) in [5.74, 6) is -1.24. The summed E-state index contributed by atoms with van der Waals surface area (Å²) >= 11 is 12.0. The summed E-state index contributed by atoms with van der Waals surface area (Å²) in [6, 6.07) is 17.1. The number of aromatic hydroxyl groups is 1. The molecule has 0 fully saturated rings. The molecule has 0 radical (unpaired) electrons. The van der Waals surface area contributed by atoms with Gasteiger partial charge in [-0.05, 0) is 42.5 Å². The predicted molar refractivity (Wildman–Crippen MR) is 111 cm³/mol. The Morgan fingerprint density at radius 1 is 0.966 bits per heavy atom. The summed E-state index contributed by atoms with van der Waals surface area (Å²) in [6.07, 6.45) is 1.28. The van der Waals surface area contributed by atoms with Crippen LogP contribution in [0.1, 0.15) is 26.3 Å². The Bertz CT molecular complexity index is 1100. The highest BCUT2D eigenvalue weighted by Crippen LogP contribution is 2.24. The summed E-state index contributed by atoms with van der Waals surface area (Å²) < 4.78 is 5.40. The third-order valence-corrected chi connectivity index (χ3v) is 4.35. The van der Waals surface area contributed by atoms with E-state index in [2.05, 4.69) is 10.5 Å². The molecule has 0 unspecified atom stereocenters. The van der Waals surface area contributed by atoms with Crippen LogP contribution in [0, 0.1) is 0 Å². The molecule has 0 aliphatic carbocycles. The highest BCUT2D eigenvalue weighted by atomic mass is 35.5. The quantitative estimate of drug-likeness (QED) is 0.267. The van der Waals surface area contributed by atoms with E-state index in [1.165, 1.54) is 30.5 Å². The van der Waals surface area contributed by atoms with E-state index < -0.39 is 11.9 Å². The van der Waals surface area contributed by atoms with E-state index in [1.54, 1.807) is 42.5 Å². The number of hydrogen-bond donors (Lipinski definition) is 2. The lowest BCUT2D eigenvalue weighted by molar-refractivity contribution is 0.0734. The Hall–Kier alpha value is -3.35. The highest BCUT2D eigenvalue weighted by molar-refractivity contribution is 6.33. The fourth-order valence-electron chi connectivity index (χ4n) is 2.38. The number of rotatable bonds is 5. The van der Waals surface area contributed by atoms with E-state index in [-0.39, 0.29) is 27.6 Å². The minimum absolute atomic E-state index is 0.0705. The molecule has 0 bridgehead atoms. The topological polar surface area (TPSA) is 88.0 Å². The van der Waals surface area contributed by atoms with Gasteiger partial charge in [-0.25, -0.2) is 10.2 Å². The van der Waals surface area contributed by atoms with Crippen LogP contribution in [0.3, 0.4) is 0 Å². The van der Waals surface area contributed by atoms with Crippen molar-refractivity contribution in [3.8, 4) is 11.5 Å². The smallest absolute Gasteiger partial charge is 0.345 e. The number of hydrazone groups is 1. The Kier molecular flexibility index (Phi) is 6.49. The number of carbonyl (C=O) groups is 2. The van der Waals surface area contributed by atoms with Gasteiger partial charge in [0.25, 0.3) is 5.91 Å². The zero-order chi connectivity index (χ0) is 20.8. The van der Waals surface area contributed by atoms with E-state index in [0.717, 1.165) is 0 Å². The zero-order valence-electron chi connectivity index (χ0n) is 14.8. The van der Waals surface area contributed by atoms with Crippen molar-refractivity contribution in [2.45, 2.75) is 0 Å². The SMILES string of the molecule is O=C(N/N=C/c1cc(Cl)ccc1OC(=O)c1ccccc1Cl)c1ccccc1O. The molecule has 6 nitrogen and oxygen atoms in total. The van der Waals surface area contributed by atoms with E-state index in [9.17, 15) is 14.7 Å². The van der Waals surface area contributed by atoms with Gasteiger partial charge >= 0.3 is 5.97 Å². The third kappa shape index (κ3) is 5.13. The summed E-state index contributed by atoms with van der Waals surface area (Å²) in [6.45, 7) is 0. The Balaban J connectivity index is 1.77. The first-order valence-electron chi connectivity index (χ1n) is 8.33. The maximum Gasteiger partial charge on any atom is 0.345 e. The largest absolute Gasteiger partial charge is 0.507 e. The molecule has 2 N–H and O–H groups in total. The normalized spacial score (nSPS) is 10.7. The van der Waals surface area contributed by atoms with E-state index in [4.69, 9.17) is 27.9 Å². The summed E-state index contributed by atoms with van der Waals surface area (Å²) in [5.41, 5.74) is 2.93. The van der Waals surface area contributed by atoms with Crippen molar-refractivity contribution in [3.63, 3.8) is 0 Å². The lowest BCUT2D eigenvalue weighted by Gasteiger charge is -2.09. The van der Waals surface area contributed by atoms with Crippen LogP contribution < -0.4 is 10.2 Å². The minimum Gasteiger partial charge on any atom is -0.507 e. The fourth-order valence-corrected chi connectivity index (χ4v) is 2.77. The lowest BCUT2D eigenvalue weighted by Crippen LogP contribution is -2.17. The van der Waals surface area contributed by atoms with Crippen molar-refractivity contribution < 1.29 is 19.4 Å². The Morgan fingerprint density at radius 2 is 1.66 bits per heavy atom. The van der Waals surface area contributed by atoms with Gasteiger partial charge in [-0.15, -0.1) is 0 Å². The number of carbonyl (C=O) groups excluding carboxylic acids is 2. The first-order chi connectivity index (χ1) is 14.0. The molecule has 0 aliphatic rings. The lowest BCUT2D eigenvalue weighted by atomic mass is 10.2. The second-order valence-electron chi connectivity index (χ2n) is 5.77. The van der Waals surface area contributed by atoms with E-state index in [1.807, 2.05) is 0 Å². The molecule has 0 atom stereocenters. The van der Waals surface area contributed by atoms with Gasteiger partial charge in [0.15, 0.2) is 0 Å². The second-order valence-corrected chi connectivity index (χ2v) is 6.61. The Morgan fingerprint density at radius 3 is 2.38 bits per heavy atom. The maximum absolute atomic E-state index is 12.4. The monoisotopic (exact) mass is 428 g/mol. The van der Waals surface area contributed by atoms with E-state index >= 15 is 0 Å². The number of phenols is 1. The van der Waals surface area contributed by atoms with Gasteiger partial charge in [-0.3, -0.25) is 4.79 Å². The minimum atomic E-state index is -0.647. The molecule has 146 valence electrons. The summed E-state index contributed by atoms with van der Waals surface area (Å²) in [5, 5.41) is 14.2. The molecular weight excluding hydrogens is 415 g/mol. The van der Waals surface area contributed by atoms with Gasteiger partial charge in [-0.1, -0.05) is 47.5 Å². The summed E-state index contributed by atoms with van der Waals surface area (Å²) in [4.78, 5) is 24.5. The van der Waals surface area contributed by atoms with Gasteiger partial charge < -0.3 is 9.84 Å². The van der Waals surface area contributed by atoms with Crippen LogP contribution in [0.4, 0.5) is 0 Å². The molecule has 3 rings (SSSR count). The maximum atomic E-state index is 12.4. The predicted octanol–water partition coefficient (Wildman–Crippen LogP) is 4.68. The molecule has 3 aromatic rings. The van der Waals surface area contributed by atoms with Crippen molar-refractivity contribution in [1.82, 2.24) is 5.43 Å². The molecule has 0 aliphatic heterocycles. The van der Waals surface area contributed by atoms with Crippen molar-refractivity contribution >= 4 is 41.3 Å². The van der Waals surface area contributed by atoms with Crippen molar-refractivity contribution in [1.29, 1.82) is 0 Å². The first-order valence-corrected chi connectivity index (χ1v) is 9.09. The molecule has 1 amide bonds. The number of amides is 1. The number of halogens is 2. The molecule has 29 heavy (non-hydrogen) atoms. The molecule has 0 spiro atoms. The zero-order valence-corrected chi connectivity index (χ0v) is 16.3. The number of hydrogen-bond acceptors (Lipinski definition) is 5. The van der Waals surface area contributed by atoms with E-state index in [0.29, 0.717) is 10.6 Å². The number of nitrogens with one attached hydrogen (secondary N) is 1. The number of benzene rings is 3. The standard InChI is InChI=1S/C21H14Cl2N2O4/c22-14-9-10-19(29-21(28)15-5-1-3-7-17(15)23)13(11-14)12-24-25-20(27)16-6-2-4-8-18(16)26/h1-12,26H,(H,25,27)/b24-12+. The highest BCUT2D eigenvalue weighted by Gasteiger charge is 2.14. The van der Waals surface area contributed by atoms with Gasteiger partial charge in [0.1, 0.15) is 11.5 Å². The fraction of sp³-hybridized carbons (Fsp3) is 0. The van der Waals surface area contributed by atoms with Crippen molar-refractivity contribution in [2.24, 2.45) is 5.10 Å². The number of esters is 1. The van der Waals surface area contributed by atoms with Gasteiger partial charge in [0.05, 0.1) is 22.4 Å². The number of phenolic OH excluding ortho intramolecular Hbond substituents is 1. The summed E-state index contributed by atoms with van der Waals surface area (Å²) in [7, 11) is 0. The molecule has 0 aromatic heterocycles. The Labute approximate surface area is 176 Å². The average Bonchev–Trinajstić information content (AvgIpc) is 2.70.